The van der Waals surface area contributed by atoms with Crippen molar-refractivity contribution in [3.63, 3.8) is 0 Å². The molecule has 0 unspecified atom stereocenters. The summed E-state index contributed by atoms with van der Waals surface area (Å²) in [5.41, 5.74) is 0.610. The molecule has 0 radical (unpaired) electrons. The topological polar surface area (TPSA) is 41.6 Å². The van der Waals surface area contributed by atoms with Crippen LogP contribution in [-0.4, -0.2) is 44.6 Å². The van der Waals surface area contributed by atoms with Crippen molar-refractivity contribution in [2.75, 3.05) is 33.8 Å². The predicted octanol–water partition coefficient (Wildman–Crippen LogP) is 2.16. The van der Waals surface area contributed by atoms with Gasteiger partial charge in [-0.1, -0.05) is 12.1 Å². The normalized spacial score (nSPS) is 16.9. The summed E-state index contributed by atoms with van der Waals surface area (Å²) < 4.78 is 5.21. The third-order valence-electron chi connectivity index (χ3n) is 4.03. The SMILES string of the molecule is COc1ccccc1C(=O)NCCC1CCN(C)CC1. The first-order chi connectivity index (χ1) is 9.70. The van der Waals surface area contributed by atoms with Gasteiger partial charge in [-0.2, -0.15) is 0 Å². The predicted molar refractivity (Wildman–Crippen MR) is 80.2 cm³/mol. The summed E-state index contributed by atoms with van der Waals surface area (Å²) in [7, 11) is 3.75. The number of ether oxygens (including phenoxy) is 1. The lowest BCUT2D eigenvalue weighted by molar-refractivity contribution is 0.0946. The summed E-state index contributed by atoms with van der Waals surface area (Å²) >= 11 is 0. The molecule has 1 aromatic carbocycles. The highest BCUT2D eigenvalue weighted by atomic mass is 16.5. The van der Waals surface area contributed by atoms with Crippen LogP contribution in [0.2, 0.25) is 0 Å². The highest BCUT2D eigenvalue weighted by Crippen LogP contribution is 2.19. The smallest absolute Gasteiger partial charge is 0.255 e. The van der Waals surface area contributed by atoms with Crippen LogP contribution in [0.15, 0.2) is 24.3 Å². The number of para-hydroxylation sites is 1. The summed E-state index contributed by atoms with van der Waals surface area (Å²) in [5.74, 6) is 1.32. The van der Waals surface area contributed by atoms with Gasteiger partial charge >= 0.3 is 0 Å². The van der Waals surface area contributed by atoms with Gasteiger partial charge in [-0.15, -0.1) is 0 Å². The molecule has 1 aliphatic heterocycles. The molecule has 1 aliphatic rings. The first-order valence-corrected chi connectivity index (χ1v) is 7.30. The fourth-order valence-electron chi connectivity index (χ4n) is 2.67. The molecule has 0 aliphatic carbocycles. The summed E-state index contributed by atoms with van der Waals surface area (Å²) in [6, 6.07) is 7.33. The van der Waals surface area contributed by atoms with E-state index in [0.717, 1.165) is 18.9 Å². The Morgan fingerprint density at radius 2 is 2.05 bits per heavy atom. The lowest BCUT2D eigenvalue weighted by Crippen LogP contribution is -2.32. The van der Waals surface area contributed by atoms with E-state index in [1.807, 2.05) is 18.2 Å². The number of piperidine rings is 1. The van der Waals surface area contributed by atoms with Gasteiger partial charge in [0.1, 0.15) is 5.75 Å². The number of hydrogen-bond donors (Lipinski definition) is 1. The standard InChI is InChI=1S/C16H24N2O2/c1-18-11-8-13(9-12-18)7-10-17-16(19)14-5-3-4-6-15(14)20-2/h3-6,13H,7-12H2,1-2H3,(H,17,19). The quantitative estimate of drug-likeness (QED) is 0.896. The summed E-state index contributed by atoms with van der Waals surface area (Å²) in [6.07, 6.45) is 3.54. The maximum absolute atomic E-state index is 12.1. The second-order valence-corrected chi connectivity index (χ2v) is 5.49. The Kier molecular flexibility index (Phi) is 5.41. The van der Waals surface area contributed by atoms with Crippen molar-refractivity contribution < 1.29 is 9.53 Å². The molecule has 20 heavy (non-hydrogen) atoms. The number of carbonyl (C=O) groups is 1. The largest absolute Gasteiger partial charge is 0.496 e. The Morgan fingerprint density at radius 1 is 1.35 bits per heavy atom. The fourth-order valence-corrected chi connectivity index (χ4v) is 2.67. The second-order valence-electron chi connectivity index (χ2n) is 5.49. The van der Waals surface area contributed by atoms with E-state index in [1.54, 1.807) is 13.2 Å². The number of nitrogens with zero attached hydrogens (tertiary/aromatic N) is 1. The van der Waals surface area contributed by atoms with Crippen LogP contribution in [0.5, 0.6) is 5.75 Å². The van der Waals surface area contributed by atoms with Gasteiger partial charge in [0.15, 0.2) is 0 Å². The number of benzene rings is 1. The Balaban J connectivity index is 1.78. The maximum atomic E-state index is 12.1. The Morgan fingerprint density at radius 3 is 2.75 bits per heavy atom. The van der Waals surface area contributed by atoms with Crippen molar-refractivity contribution in [2.24, 2.45) is 5.92 Å². The lowest BCUT2D eigenvalue weighted by Gasteiger charge is -2.28. The summed E-state index contributed by atoms with van der Waals surface area (Å²) in [5, 5.41) is 3.00. The second kappa shape index (κ2) is 7.29. The van der Waals surface area contributed by atoms with Crippen molar-refractivity contribution in [3.05, 3.63) is 29.8 Å². The monoisotopic (exact) mass is 276 g/mol. The van der Waals surface area contributed by atoms with Gasteiger partial charge in [-0.25, -0.2) is 0 Å². The number of hydrogen-bond acceptors (Lipinski definition) is 3. The molecular weight excluding hydrogens is 252 g/mol. The van der Waals surface area contributed by atoms with Crippen LogP contribution in [0.25, 0.3) is 0 Å². The molecule has 1 aromatic rings. The number of amides is 1. The minimum absolute atomic E-state index is 0.0459. The van der Waals surface area contributed by atoms with E-state index in [1.165, 1.54) is 25.9 Å². The molecule has 0 spiro atoms. The van der Waals surface area contributed by atoms with Gasteiger partial charge in [0.2, 0.25) is 0 Å². The van der Waals surface area contributed by atoms with Crippen LogP contribution < -0.4 is 10.1 Å². The first-order valence-electron chi connectivity index (χ1n) is 7.30. The van der Waals surface area contributed by atoms with E-state index in [4.69, 9.17) is 4.74 Å². The number of likely N-dealkylation sites (tertiary alicyclic amines) is 1. The van der Waals surface area contributed by atoms with Crippen LogP contribution in [0.4, 0.5) is 0 Å². The van der Waals surface area contributed by atoms with Crippen molar-refractivity contribution in [1.82, 2.24) is 10.2 Å². The molecule has 1 fully saturated rings. The van der Waals surface area contributed by atoms with E-state index >= 15 is 0 Å². The first kappa shape index (κ1) is 14.9. The van der Waals surface area contributed by atoms with Crippen LogP contribution in [-0.2, 0) is 0 Å². The molecule has 110 valence electrons. The fraction of sp³-hybridized carbons (Fsp3) is 0.562. The molecule has 0 saturated carbocycles. The number of carbonyl (C=O) groups excluding carboxylic acids is 1. The molecule has 1 N–H and O–H groups in total. The molecule has 4 nitrogen and oxygen atoms in total. The van der Waals surface area contributed by atoms with Gasteiger partial charge in [0.05, 0.1) is 12.7 Å². The molecule has 1 heterocycles. The van der Waals surface area contributed by atoms with Crippen LogP contribution in [0, 0.1) is 5.92 Å². The summed E-state index contributed by atoms with van der Waals surface area (Å²) in [6.45, 7) is 3.08. The van der Waals surface area contributed by atoms with Crippen LogP contribution >= 0.6 is 0 Å². The Labute approximate surface area is 121 Å². The third-order valence-corrected chi connectivity index (χ3v) is 4.03. The zero-order valence-electron chi connectivity index (χ0n) is 12.4. The molecule has 1 amide bonds. The molecule has 2 rings (SSSR count). The van der Waals surface area contributed by atoms with Crippen molar-refractivity contribution >= 4 is 5.91 Å². The maximum Gasteiger partial charge on any atom is 0.255 e. The van der Waals surface area contributed by atoms with Crippen molar-refractivity contribution in [2.45, 2.75) is 19.3 Å². The van der Waals surface area contributed by atoms with Gasteiger partial charge in [0.25, 0.3) is 5.91 Å². The average Bonchev–Trinajstić information content (AvgIpc) is 2.49. The molecule has 0 bridgehead atoms. The number of nitrogens with one attached hydrogen (secondary N) is 1. The Hall–Kier alpha value is -1.55. The number of methoxy groups -OCH3 is 1. The van der Waals surface area contributed by atoms with Crippen LogP contribution in [0.3, 0.4) is 0 Å². The highest BCUT2D eigenvalue weighted by molar-refractivity contribution is 5.96. The van der Waals surface area contributed by atoms with Gasteiger partial charge in [0, 0.05) is 6.54 Å². The molecule has 1 saturated heterocycles. The third kappa shape index (κ3) is 3.97. The minimum atomic E-state index is -0.0459. The zero-order valence-corrected chi connectivity index (χ0v) is 12.4. The summed E-state index contributed by atoms with van der Waals surface area (Å²) in [4.78, 5) is 14.5. The van der Waals surface area contributed by atoms with Gasteiger partial charge < -0.3 is 15.0 Å². The lowest BCUT2D eigenvalue weighted by atomic mass is 9.94. The van der Waals surface area contributed by atoms with E-state index in [2.05, 4.69) is 17.3 Å². The molecule has 0 aromatic heterocycles. The van der Waals surface area contributed by atoms with E-state index in [-0.39, 0.29) is 5.91 Å². The Bertz CT molecular complexity index is 440. The van der Waals surface area contributed by atoms with E-state index in [0.29, 0.717) is 11.3 Å². The number of rotatable bonds is 5. The van der Waals surface area contributed by atoms with E-state index in [9.17, 15) is 4.79 Å². The van der Waals surface area contributed by atoms with E-state index < -0.39 is 0 Å². The van der Waals surface area contributed by atoms with Crippen molar-refractivity contribution in [1.29, 1.82) is 0 Å². The molecular formula is C16H24N2O2. The van der Waals surface area contributed by atoms with Crippen molar-refractivity contribution in [3.8, 4) is 5.75 Å². The molecule has 4 heteroatoms. The highest BCUT2D eigenvalue weighted by Gasteiger charge is 2.17. The van der Waals surface area contributed by atoms with Gasteiger partial charge in [-0.05, 0) is 57.5 Å². The zero-order chi connectivity index (χ0) is 14.4. The minimum Gasteiger partial charge on any atom is -0.496 e. The molecule has 0 atom stereocenters. The average molecular weight is 276 g/mol. The van der Waals surface area contributed by atoms with Gasteiger partial charge in [-0.3, -0.25) is 4.79 Å². The van der Waals surface area contributed by atoms with Crippen LogP contribution in [0.1, 0.15) is 29.6 Å².